The molecule has 0 N–H and O–H groups in total. The Kier molecular flexibility index (Phi) is 4.07. The zero-order valence-corrected chi connectivity index (χ0v) is 14.3. The molecule has 2 unspecified atom stereocenters. The molecule has 3 heterocycles. The fourth-order valence-corrected chi connectivity index (χ4v) is 4.50. The van der Waals surface area contributed by atoms with Crippen molar-refractivity contribution in [1.82, 2.24) is 9.96 Å². The van der Waals surface area contributed by atoms with Gasteiger partial charge in [0.05, 0.1) is 17.0 Å². The van der Waals surface area contributed by atoms with E-state index in [0.717, 1.165) is 38.6 Å². The predicted octanol–water partition coefficient (Wildman–Crippen LogP) is 2.39. The largest absolute Gasteiger partial charge is 0.336 e. The number of fused-ring (bicyclic) bond motifs is 3. The van der Waals surface area contributed by atoms with Crippen molar-refractivity contribution in [3.63, 3.8) is 0 Å². The van der Waals surface area contributed by atoms with Crippen molar-refractivity contribution in [3.8, 4) is 0 Å². The Balaban J connectivity index is 1.44. The first-order valence-corrected chi connectivity index (χ1v) is 9.05. The molecule has 0 radical (unpaired) electrons. The van der Waals surface area contributed by atoms with E-state index in [4.69, 9.17) is 4.84 Å². The lowest BCUT2D eigenvalue weighted by atomic mass is 9.90. The van der Waals surface area contributed by atoms with Crippen molar-refractivity contribution in [1.29, 1.82) is 0 Å². The summed E-state index contributed by atoms with van der Waals surface area (Å²) in [6.07, 6.45) is 4.83. The van der Waals surface area contributed by atoms with Gasteiger partial charge in [0.2, 0.25) is 0 Å². The predicted molar refractivity (Wildman–Crippen MR) is 89.6 cm³/mol. The maximum atomic E-state index is 12.6. The summed E-state index contributed by atoms with van der Waals surface area (Å²) >= 11 is 0. The SMILES string of the molecule is CCCN1C2CCC1CC(C(=O)ON1C(=O)c3ccccc3C1=O)C2. The maximum Gasteiger partial charge on any atom is 0.336 e. The molecule has 0 spiro atoms. The highest BCUT2D eigenvalue weighted by atomic mass is 16.7. The molecule has 3 aliphatic heterocycles. The molecule has 2 amide bonds. The lowest BCUT2D eigenvalue weighted by molar-refractivity contribution is -0.176. The Bertz CT molecular complexity index is 683. The molecule has 1 aromatic carbocycles. The number of hydrogen-bond acceptors (Lipinski definition) is 5. The van der Waals surface area contributed by atoms with Gasteiger partial charge in [0.25, 0.3) is 11.8 Å². The van der Waals surface area contributed by atoms with Crippen LogP contribution in [0, 0.1) is 5.92 Å². The van der Waals surface area contributed by atoms with Gasteiger partial charge >= 0.3 is 5.97 Å². The van der Waals surface area contributed by atoms with Crippen LogP contribution in [0.1, 0.15) is 59.7 Å². The summed E-state index contributed by atoms with van der Waals surface area (Å²) in [5, 5.41) is 0.632. The second-order valence-corrected chi connectivity index (χ2v) is 7.15. The summed E-state index contributed by atoms with van der Waals surface area (Å²) in [5.41, 5.74) is 0.580. The van der Waals surface area contributed by atoms with Crippen molar-refractivity contribution in [3.05, 3.63) is 35.4 Å². The number of benzene rings is 1. The minimum atomic E-state index is -0.555. The zero-order valence-electron chi connectivity index (χ0n) is 14.3. The van der Waals surface area contributed by atoms with E-state index >= 15 is 0 Å². The van der Waals surface area contributed by atoms with Gasteiger partial charge in [0.1, 0.15) is 0 Å². The lowest BCUT2D eigenvalue weighted by Crippen LogP contribution is -2.46. The quantitative estimate of drug-likeness (QED) is 0.786. The van der Waals surface area contributed by atoms with Crippen molar-refractivity contribution in [2.75, 3.05) is 6.54 Å². The molecule has 0 saturated carbocycles. The van der Waals surface area contributed by atoms with E-state index in [9.17, 15) is 14.4 Å². The Morgan fingerprint density at radius 1 is 1.08 bits per heavy atom. The smallest absolute Gasteiger partial charge is 0.329 e. The van der Waals surface area contributed by atoms with E-state index in [-0.39, 0.29) is 17.0 Å². The number of imide groups is 1. The third-order valence-corrected chi connectivity index (χ3v) is 5.64. The van der Waals surface area contributed by atoms with Gasteiger partial charge in [0.15, 0.2) is 0 Å². The number of carbonyl (C=O) groups is 3. The van der Waals surface area contributed by atoms with E-state index in [1.54, 1.807) is 24.3 Å². The molecule has 2 saturated heterocycles. The standard InChI is InChI=1S/C19H22N2O4/c1-2-9-20-13-7-8-14(20)11-12(10-13)19(24)25-21-17(22)15-5-3-4-6-16(15)18(21)23/h3-6,12-14H,2,7-11H2,1H3. The summed E-state index contributed by atoms with van der Waals surface area (Å²) in [7, 11) is 0. The zero-order chi connectivity index (χ0) is 17.6. The molecule has 6 heteroatoms. The van der Waals surface area contributed by atoms with Crippen LogP contribution in [-0.4, -0.2) is 46.4 Å². The van der Waals surface area contributed by atoms with Gasteiger partial charge in [-0.1, -0.05) is 24.1 Å². The van der Waals surface area contributed by atoms with Crippen LogP contribution in [0.4, 0.5) is 0 Å². The summed E-state index contributed by atoms with van der Waals surface area (Å²) in [4.78, 5) is 45.0. The van der Waals surface area contributed by atoms with Gasteiger partial charge in [-0.15, -0.1) is 0 Å². The molecule has 2 bridgehead atoms. The lowest BCUT2D eigenvalue weighted by Gasteiger charge is -2.37. The summed E-state index contributed by atoms with van der Waals surface area (Å²) in [6.45, 7) is 3.23. The molecule has 0 aliphatic carbocycles. The van der Waals surface area contributed by atoms with E-state index in [1.165, 1.54) is 0 Å². The van der Waals surface area contributed by atoms with Crippen LogP contribution in [-0.2, 0) is 9.63 Å². The van der Waals surface area contributed by atoms with Crippen LogP contribution in [0.3, 0.4) is 0 Å². The van der Waals surface area contributed by atoms with Gasteiger partial charge in [-0.2, -0.15) is 0 Å². The second-order valence-electron chi connectivity index (χ2n) is 7.15. The number of amides is 2. The van der Waals surface area contributed by atoms with E-state index in [0.29, 0.717) is 17.1 Å². The molecule has 1 aromatic rings. The van der Waals surface area contributed by atoms with Crippen LogP contribution >= 0.6 is 0 Å². The summed E-state index contributed by atoms with van der Waals surface area (Å²) < 4.78 is 0. The average molecular weight is 342 g/mol. The number of piperidine rings is 1. The highest BCUT2D eigenvalue weighted by Gasteiger charge is 2.45. The normalized spacial score (nSPS) is 28.4. The highest BCUT2D eigenvalue weighted by molar-refractivity contribution is 6.20. The number of rotatable bonds is 4. The molecular formula is C19H22N2O4. The van der Waals surface area contributed by atoms with Crippen LogP contribution in [0.25, 0.3) is 0 Å². The number of hydrogen-bond donors (Lipinski definition) is 0. The van der Waals surface area contributed by atoms with Crippen LogP contribution in [0.15, 0.2) is 24.3 Å². The van der Waals surface area contributed by atoms with Gasteiger partial charge in [-0.3, -0.25) is 14.5 Å². The van der Waals surface area contributed by atoms with Gasteiger partial charge in [-0.25, -0.2) is 4.79 Å². The minimum Gasteiger partial charge on any atom is -0.329 e. The molecule has 3 aliphatic rings. The average Bonchev–Trinajstić information content (AvgIpc) is 2.99. The third-order valence-electron chi connectivity index (χ3n) is 5.64. The van der Waals surface area contributed by atoms with E-state index in [2.05, 4.69) is 11.8 Å². The van der Waals surface area contributed by atoms with Crippen molar-refractivity contribution in [2.45, 2.75) is 51.1 Å². The van der Waals surface area contributed by atoms with Gasteiger partial charge in [-0.05, 0) is 50.8 Å². The van der Waals surface area contributed by atoms with Crippen LogP contribution in [0.5, 0.6) is 0 Å². The molecule has 132 valence electrons. The van der Waals surface area contributed by atoms with Gasteiger partial charge in [0, 0.05) is 12.1 Å². The van der Waals surface area contributed by atoms with Crippen molar-refractivity contribution < 1.29 is 19.2 Å². The summed E-state index contributed by atoms with van der Waals surface area (Å²) in [6, 6.07) is 7.36. The number of carbonyl (C=O) groups excluding carboxylic acids is 3. The topological polar surface area (TPSA) is 66.9 Å². The van der Waals surface area contributed by atoms with Crippen LogP contribution in [0.2, 0.25) is 0 Å². The second kappa shape index (κ2) is 6.26. The first-order chi connectivity index (χ1) is 12.1. The van der Waals surface area contributed by atoms with Crippen LogP contribution < -0.4 is 0 Å². The molecule has 6 nitrogen and oxygen atoms in total. The molecule has 0 aromatic heterocycles. The Labute approximate surface area is 146 Å². The molecular weight excluding hydrogens is 320 g/mol. The Morgan fingerprint density at radius 2 is 1.64 bits per heavy atom. The monoisotopic (exact) mass is 342 g/mol. The van der Waals surface area contributed by atoms with E-state index < -0.39 is 17.8 Å². The van der Waals surface area contributed by atoms with Gasteiger partial charge < -0.3 is 4.84 Å². The fourth-order valence-electron chi connectivity index (χ4n) is 4.50. The first-order valence-electron chi connectivity index (χ1n) is 9.05. The number of nitrogens with zero attached hydrogens (tertiary/aromatic N) is 2. The third kappa shape index (κ3) is 2.65. The molecule has 25 heavy (non-hydrogen) atoms. The first kappa shape index (κ1) is 16.3. The number of hydroxylamine groups is 2. The molecule has 2 atom stereocenters. The van der Waals surface area contributed by atoms with Crippen molar-refractivity contribution in [2.24, 2.45) is 5.92 Å². The Morgan fingerprint density at radius 3 is 2.16 bits per heavy atom. The van der Waals surface area contributed by atoms with Crippen molar-refractivity contribution >= 4 is 17.8 Å². The maximum absolute atomic E-state index is 12.6. The molecule has 2 fully saturated rings. The van der Waals surface area contributed by atoms with E-state index in [1.807, 2.05) is 0 Å². The fraction of sp³-hybridized carbons (Fsp3) is 0.526. The summed E-state index contributed by atoms with van der Waals surface area (Å²) in [5.74, 6) is -1.81. The Hall–Kier alpha value is -2.21. The highest BCUT2D eigenvalue weighted by Crippen LogP contribution is 2.39. The minimum absolute atomic E-state index is 0.241. The molecule has 4 rings (SSSR count).